The lowest BCUT2D eigenvalue weighted by Crippen LogP contribution is -2.49. The molecule has 0 aliphatic heterocycles. The molecule has 3 rings (SSSR count). The topological polar surface area (TPSA) is 68.5 Å². The molecule has 6 nitrogen and oxygen atoms in total. The molecule has 2 aromatic rings. The van der Waals surface area contributed by atoms with E-state index in [1.165, 1.54) is 11.3 Å². The lowest BCUT2D eigenvalue weighted by Gasteiger charge is -2.40. The number of amides is 1. The van der Waals surface area contributed by atoms with Gasteiger partial charge >= 0.3 is 0 Å². The van der Waals surface area contributed by atoms with Gasteiger partial charge in [0.15, 0.2) is 0 Å². The average Bonchev–Trinajstić information content (AvgIpc) is 2.93. The van der Waals surface area contributed by atoms with E-state index in [4.69, 9.17) is 4.74 Å². The molecule has 1 amide bonds. The van der Waals surface area contributed by atoms with Crippen LogP contribution in [0.4, 0.5) is 0 Å². The lowest BCUT2D eigenvalue weighted by atomic mass is 9.68. The van der Waals surface area contributed by atoms with Gasteiger partial charge in [-0.15, -0.1) is 0 Å². The third-order valence-electron chi connectivity index (χ3n) is 4.01. The van der Waals surface area contributed by atoms with E-state index in [9.17, 15) is 4.79 Å². The molecular weight excluding hydrogens is 276 g/mol. The van der Waals surface area contributed by atoms with Gasteiger partial charge in [-0.1, -0.05) is 17.8 Å². The number of nitrogens with one attached hydrogen (secondary N) is 1. The summed E-state index contributed by atoms with van der Waals surface area (Å²) in [6, 6.07) is -0.120. The van der Waals surface area contributed by atoms with Crippen LogP contribution in [0.1, 0.15) is 37.9 Å². The van der Waals surface area contributed by atoms with Gasteiger partial charge < -0.3 is 10.1 Å². The highest BCUT2D eigenvalue weighted by Gasteiger charge is 2.44. The Morgan fingerprint density at radius 3 is 3.05 bits per heavy atom. The van der Waals surface area contributed by atoms with Crippen molar-refractivity contribution in [2.45, 2.75) is 32.2 Å². The first kappa shape index (κ1) is 13.5. The van der Waals surface area contributed by atoms with Gasteiger partial charge in [0.1, 0.15) is 5.51 Å². The number of imidazole rings is 1. The van der Waals surface area contributed by atoms with Crippen molar-refractivity contribution in [3.05, 3.63) is 17.4 Å². The quantitative estimate of drug-likeness (QED) is 0.912. The van der Waals surface area contributed by atoms with E-state index >= 15 is 0 Å². The summed E-state index contributed by atoms with van der Waals surface area (Å²) in [6.45, 7) is 2.44. The monoisotopic (exact) mass is 294 g/mol. The molecule has 0 aromatic carbocycles. The normalized spacial score (nSPS) is 18.7. The molecule has 1 fully saturated rings. The maximum Gasteiger partial charge on any atom is 0.229 e. The molecular formula is C13H18N4O2S. The number of carbonyl (C=O) groups is 1. The number of fused-ring (bicyclic) bond motifs is 1. The molecule has 0 spiro atoms. The molecule has 1 saturated carbocycles. The van der Waals surface area contributed by atoms with Crippen LogP contribution in [0.5, 0.6) is 0 Å². The number of hydrogen-bond acceptors (Lipinski definition) is 5. The van der Waals surface area contributed by atoms with Gasteiger partial charge in [-0.25, -0.2) is 9.50 Å². The van der Waals surface area contributed by atoms with Crippen LogP contribution in [0, 0.1) is 5.41 Å². The van der Waals surface area contributed by atoms with Crippen molar-refractivity contribution in [2.75, 3.05) is 13.7 Å². The second-order valence-corrected chi connectivity index (χ2v) is 6.21. The number of hydrogen-bond donors (Lipinski definition) is 1. The molecule has 7 heteroatoms. The predicted octanol–water partition coefficient (Wildman–Crippen LogP) is 1.78. The van der Waals surface area contributed by atoms with Crippen LogP contribution in [0.25, 0.3) is 4.96 Å². The maximum atomic E-state index is 12.4. The Morgan fingerprint density at radius 1 is 1.65 bits per heavy atom. The summed E-state index contributed by atoms with van der Waals surface area (Å²) >= 11 is 1.48. The molecule has 1 aliphatic carbocycles. The summed E-state index contributed by atoms with van der Waals surface area (Å²) in [5.74, 6) is 0.0717. The fourth-order valence-corrected chi connectivity index (χ4v) is 3.21. The van der Waals surface area contributed by atoms with Crippen LogP contribution in [0.3, 0.4) is 0 Å². The Kier molecular flexibility index (Phi) is 3.47. The van der Waals surface area contributed by atoms with Gasteiger partial charge in [0, 0.05) is 7.11 Å². The minimum absolute atomic E-state index is 0.0717. The minimum atomic E-state index is -0.335. The number of ether oxygens (including phenoxy) is 1. The number of methoxy groups -OCH3 is 1. The van der Waals surface area contributed by atoms with Crippen molar-refractivity contribution < 1.29 is 9.53 Å². The predicted molar refractivity (Wildman–Crippen MR) is 75.6 cm³/mol. The Hall–Kier alpha value is -1.47. The molecule has 0 radical (unpaired) electrons. The smallest absolute Gasteiger partial charge is 0.229 e. The summed E-state index contributed by atoms with van der Waals surface area (Å²) in [4.78, 5) is 17.8. The van der Waals surface area contributed by atoms with Crippen molar-refractivity contribution in [3.63, 3.8) is 0 Å². The van der Waals surface area contributed by atoms with Crippen LogP contribution in [0.2, 0.25) is 0 Å². The van der Waals surface area contributed by atoms with Crippen LogP contribution in [0.15, 0.2) is 11.7 Å². The van der Waals surface area contributed by atoms with Crippen LogP contribution in [-0.4, -0.2) is 34.2 Å². The summed E-state index contributed by atoms with van der Waals surface area (Å²) < 4.78 is 6.94. The largest absolute Gasteiger partial charge is 0.384 e. The van der Waals surface area contributed by atoms with Gasteiger partial charge in [0.2, 0.25) is 10.9 Å². The highest BCUT2D eigenvalue weighted by Crippen LogP contribution is 2.41. The molecule has 0 unspecified atom stereocenters. The Morgan fingerprint density at radius 2 is 2.45 bits per heavy atom. The summed E-state index contributed by atoms with van der Waals surface area (Å²) in [6.07, 6.45) is 4.76. The van der Waals surface area contributed by atoms with Gasteiger partial charge in [0.25, 0.3) is 0 Å². The number of carbonyl (C=O) groups excluding carboxylic acids is 1. The van der Waals surface area contributed by atoms with Gasteiger partial charge in [0.05, 0.1) is 30.0 Å². The highest BCUT2D eigenvalue weighted by atomic mass is 32.1. The van der Waals surface area contributed by atoms with E-state index in [2.05, 4.69) is 15.4 Å². The van der Waals surface area contributed by atoms with E-state index in [1.54, 1.807) is 17.1 Å². The first-order valence-electron chi connectivity index (χ1n) is 6.73. The molecule has 1 atom stereocenters. The van der Waals surface area contributed by atoms with Gasteiger partial charge in [-0.3, -0.25) is 4.79 Å². The SMILES string of the molecule is COCC1(C(=O)N[C@@H](C)c2cn3ncsc3n2)CCC1. The second-order valence-electron chi connectivity index (χ2n) is 5.39. The standard InChI is InChI=1S/C13H18N4O2S/c1-9(10-6-17-12(16-10)20-8-14-17)15-11(18)13(7-19-2)4-3-5-13/h6,8-9H,3-5,7H2,1-2H3,(H,15,18)/t9-/m0/s1. The fourth-order valence-electron chi connectivity index (χ4n) is 2.60. The lowest BCUT2D eigenvalue weighted by molar-refractivity contribution is -0.141. The zero-order valence-electron chi connectivity index (χ0n) is 11.6. The number of rotatable bonds is 5. The van der Waals surface area contributed by atoms with Crippen molar-refractivity contribution in [2.24, 2.45) is 5.41 Å². The van der Waals surface area contributed by atoms with Crippen molar-refractivity contribution >= 4 is 22.2 Å². The average molecular weight is 294 g/mol. The molecule has 0 bridgehead atoms. The molecule has 108 valence electrons. The zero-order chi connectivity index (χ0) is 14.2. The summed E-state index contributed by atoms with van der Waals surface area (Å²) in [7, 11) is 1.64. The maximum absolute atomic E-state index is 12.4. The summed E-state index contributed by atoms with van der Waals surface area (Å²) in [5.41, 5.74) is 2.25. The molecule has 1 N–H and O–H groups in total. The number of nitrogens with zero attached hydrogens (tertiary/aromatic N) is 3. The summed E-state index contributed by atoms with van der Waals surface area (Å²) in [5, 5.41) is 7.20. The Labute approximate surface area is 121 Å². The molecule has 0 saturated heterocycles. The first-order valence-corrected chi connectivity index (χ1v) is 7.61. The highest BCUT2D eigenvalue weighted by molar-refractivity contribution is 7.14. The van der Waals surface area contributed by atoms with E-state index in [1.807, 2.05) is 13.1 Å². The molecule has 2 aromatic heterocycles. The Bertz CT molecular complexity index is 588. The Balaban J connectivity index is 1.70. The van der Waals surface area contributed by atoms with Gasteiger partial charge in [-0.05, 0) is 19.8 Å². The molecule has 20 heavy (non-hydrogen) atoms. The van der Waals surface area contributed by atoms with E-state index in [0.717, 1.165) is 29.9 Å². The van der Waals surface area contributed by atoms with E-state index < -0.39 is 0 Å². The minimum Gasteiger partial charge on any atom is -0.384 e. The molecule has 1 aliphatic rings. The third kappa shape index (κ3) is 2.20. The molecule has 2 heterocycles. The van der Waals surface area contributed by atoms with Gasteiger partial charge in [-0.2, -0.15) is 5.10 Å². The van der Waals surface area contributed by atoms with Crippen molar-refractivity contribution in [3.8, 4) is 0 Å². The van der Waals surface area contributed by atoms with Crippen LogP contribution in [-0.2, 0) is 9.53 Å². The fraction of sp³-hybridized carbons (Fsp3) is 0.615. The van der Waals surface area contributed by atoms with E-state index in [0.29, 0.717) is 6.61 Å². The van der Waals surface area contributed by atoms with Crippen LogP contribution < -0.4 is 5.32 Å². The first-order chi connectivity index (χ1) is 9.64. The van der Waals surface area contributed by atoms with Crippen molar-refractivity contribution in [1.82, 2.24) is 19.9 Å². The van der Waals surface area contributed by atoms with Crippen molar-refractivity contribution in [1.29, 1.82) is 0 Å². The second kappa shape index (κ2) is 5.14. The number of aromatic nitrogens is 3. The van der Waals surface area contributed by atoms with Crippen LogP contribution >= 0.6 is 11.3 Å². The van der Waals surface area contributed by atoms with E-state index in [-0.39, 0.29) is 17.4 Å². The third-order valence-corrected chi connectivity index (χ3v) is 4.70. The zero-order valence-corrected chi connectivity index (χ0v) is 12.4.